The van der Waals surface area contributed by atoms with Gasteiger partial charge < -0.3 is 0 Å². The molecular formula is C17H14N2. The number of allylic oxidation sites excluding steroid dienone is 4. The van der Waals surface area contributed by atoms with Crippen LogP contribution in [0.1, 0.15) is 18.5 Å². The zero-order valence-corrected chi connectivity index (χ0v) is 10.6. The second-order valence-electron chi connectivity index (χ2n) is 4.92. The lowest BCUT2D eigenvalue weighted by molar-refractivity contribution is 1.03. The molecule has 0 unspecified atom stereocenters. The summed E-state index contributed by atoms with van der Waals surface area (Å²) >= 11 is 0. The van der Waals surface area contributed by atoms with E-state index in [0.29, 0.717) is 0 Å². The predicted molar refractivity (Wildman–Crippen MR) is 80.0 cm³/mol. The van der Waals surface area contributed by atoms with E-state index in [-0.39, 0.29) is 0 Å². The first-order chi connectivity index (χ1) is 9.43. The smallest absolute Gasteiger partial charge is 0.0996 e. The van der Waals surface area contributed by atoms with Crippen LogP contribution in [0.25, 0.3) is 27.2 Å². The van der Waals surface area contributed by atoms with E-state index in [1.54, 1.807) is 0 Å². The van der Waals surface area contributed by atoms with E-state index in [9.17, 15) is 0 Å². The van der Waals surface area contributed by atoms with Gasteiger partial charge in [-0.15, -0.1) is 0 Å². The number of aromatic amines is 1. The summed E-state index contributed by atoms with van der Waals surface area (Å²) in [5, 5.41) is 11.4. The van der Waals surface area contributed by atoms with Crippen molar-refractivity contribution in [3.8, 4) is 0 Å². The number of H-pyrrole nitrogens is 1. The molecular weight excluding hydrogens is 232 g/mol. The Labute approximate surface area is 111 Å². The number of aromatic nitrogens is 2. The first-order valence-corrected chi connectivity index (χ1v) is 6.66. The molecule has 0 bridgehead atoms. The lowest BCUT2D eigenvalue weighted by Gasteiger charge is -2.04. The summed E-state index contributed by atoms with van der Waals surface area (Å²) in [5.41, 5.74) is 3.43. The van der Waals surface area contributed by atoms with E-state index in [0.717, 1.165) is 24.1 Å². The van der Waals surface area contributed by atoms with Crippen LogP contribution in [0.5, 0.6) is 0 Å². The van der Waals surface area contributed by atoms with Crippen molar-refractivity contribution in [2.24, 2.45) is 0 Å². The van der Waals surface area contributed by atoms with Gasteiger partial charge in [0, 0.05) is 10.8 Å². The third-order valence-electron chi connectivity index (χ3n) is 3.73. The molecule has 4 rings (SSSR count). The highest BCUT2D eigenvalue weighted by Gasteiger charge is 2.11. The van der Waals surface area contributed by atoms with Crippen molar-refractivity contribution in [1.82, 2.24) is 10.2 Å². The predicted octanol–water partition coefficient (Wildman–Crippen LogP) is 4.45. The van der Waals surface area contributed by atoms with Crippen molar-refractivity contribution in [3.05, 3.63) is 60.3 Å². The number of nitrogens with one attached hydrogen (secondary N) is 1. The number of rotatable bonds is 1. The lowest BCUT2D eigenvalue weighted by atomic mass is 10.00. The number of fused-ring (bicyclic) bond motifs is 3. The molecule has 2 nitrogen and oxygen atoms in total. The minimum atomic E-state index is 1.07. The van der Waals surface area contributed by atoms with Gasteiger partial charge in [-0.25, -0.2) is 0 Å². The van der Waals surface area contributed by atoms with Gasteiger partial charge in [0.25, 0.3) is 0 Å². The molecule has 2 aromatic carbocycles. The van der Waals surface area contributed by atoms with Crippen LogP contribution in [0.3, 0.4) is 0 Å². The fourth-order valence-corrected chi connectivity index (χ4v) is 2.77. The van der Waals surface area contributed by atoms with E-state index in [1.807, 2.05) is 0 Å². The van der Waals surface area contributed by atoms with Gasteiger partial charge in [0.1, 0.15) is 0 Å². The van der Waals surface area contributed by atoms with E-state index in [2.05, 4.69) is 64.8 Å². The molecule has 1 aromatic heterocycles. The molecule has 1 aliphatic carbocycles. The largest absolute Gasteiger partial charge is 0.277 e. The number of hydrogen-bond acceptors (Lipinski definition) is 1. The minimum absolute atomic E-state index is 1.07. The maximum Gasteiger partial charge on any atom is 0.0996 e. The van der Waals surface area contributed by atoms with Gasteiger partial charge in [-0.2, -0.15) is 5.10 Å². The Bertz CT molecular complexity index is 822. The highest BCUT2D eigenvalue weighted by Crippen LogP contribution is 2.30. The summed E-state index contributed by atoms with van der Waals surface area (Å²) in [5.74, 6) is 0. The van der Waals surface area contributed by atoms with Crippen LogP contribution in [0, 0.1) is 0 Å². The van der Waals surface area contributed by atoms with Gasteiger partial charge in [-0.3, -0.25) is 5.10 Å². The highest BCUT2D eigenvalue weighted by atomic mass is 15.1. The molecule has 0 radical (unpaired) electrons. The second-order valence-corrected chi connectivity index (χ2v) is 4.92. The third kappa shape index (κ3) is 1.60. The van der Waals surface area contributed by atoms with Crippen molar-refractivity contribution >= 4 is 27.2 Å². The molecule has 0 amide bonds. The molecule has 0 aliphatic heterocycles. The first-order valence-electron chi connectivity index (χ1n) is 6.66. The molecule has 19 heavy (non-hydrogen) atoms. The number of hydrogen-bond donors (Lipinski definition) is 1. The van der Waals surface area contributed by atoms with Gasteiger partial charge in [-0.1, -0.05) is 48.6 Å². The van der Waals surface area contributed by atoms with Crippen LogP contribution < -0.4 is 0 Å². The molecule has 0 saturated carbocycles. The normalized spacial score (nSPS) is 15.1. The van der Waals surface area contributed by atoms with Crippen molar-refractivity contribution in [3.63, 3.8) is 0 Å². The monoisotopic (exact) mass is 246 g/mol. The van der Waals surface area contributed by atoms with Gasteiger partial charge >= 0.3 is 0 Å². The Morgan fingerprint density at radius 3 is 2.79 bits per heavy atom. The summed E-state index contributed by atoms with van der Waals surface area (Å²) < 4.78 is 0. The lowest BCUT2D eigenvalue weighted by Crippen LogP contribution is -1.86. The molecule has 92 valence electrons. The van der Waals surface area contributed by atoms with Crippen LogP contribution >= 0.6 is 0 Å². The maximum absolute atomic E-state index is 4.52. The van der Waals surface area contributed by atoms with Crippen LogP contribution in [-0.2, 0) is 0 Å². The topological polar surface area (TPSA) is 28.7 Å². The van der Waals surface area contributed by atoms with Gasteiger partial charge in [0.15, 0.2) is 0 Å². The van der Waals surface area contributed by atoms with Gasteiger partial charge in [0.2, 0.25) is 0 Å². The zero-order chi connectivity index (χ0) is 12.7. The summed E-state index contributed by atoms with van der Waals surface area (Å²) in [7, 11) is 0. The molecule has 2 heteroatoms. The molecule has 1 heterocycles. The Kier molecular flexibility index (Phi) is 2.27. The van der Waals surface area contributed by atoms with Crippen LogP contribution in [-0.4, -0.2) is 10.2 Å². The van der Waals surface area contributed by atoms with Gasteiger partial charge in [-0.05, 0) is 29.9 Å². The molecule has 3 aromatic rings. The molecule has 0 spiro atoms. The van der Waals surface area contributed by atoms with Crippen molar-refractivity contribution in [1.29, 1.82) is 0 Å². The SMILES string of the molecule is C1=CC(c2n[nH]c3c2ccc2ccccc23)=CCC1. The fraction of sp³-hybridized carbons (Fsp3) is 0.118. The zero-order valence-electron chi connectivity index (χ0n) is 10.6. The maximum atomic E-state index is 4.52. The first kappa shape index (κ1) is 10.6. The summed E-state index contributed by atoms with van der Waals surface area (Å²) in [4.78, 5) is 0. The van der Waals surface area contributed by atoms with E-state index < -0.39 is 0 Å². The number of nitrogens with zero attached hydrogens (tertiary/aromatic N) is 1. The van der Waals surface area contributed by atoms with E-state index in [4.69, 9.17) is 0 Å². The Morgan fingerprint density at radius 1 is 0.947 bits per heavy atom. The summed E-state index contributed by atoms with van der Waals surface area (Å²) in [6, 6.07) is 12.8. The molecule has 0 saturated heterocycles. The standard InChI is InChI=1S/C17H14N2/c1-2-7-13(8-3-1)16-15-11-10-12-6-4-5-9-14(12)17(15)19-18-16/h2,4-11H,1,3H2,(H,18,19). The van der Waals surface area contributed by atoms with Crippen molar-refractivity contribution in [2.45, 2.75) is 12.8 Å². The van der Waals surface area contributed by atoms with Crippen LogP contribution in [0.15, 0.2) is 54.6 Å². The van der Waals surface area contributed by atoms with Crippen molar-refractivity contribution < 1.29 is 0 Å². The fourth-order valence-electron chi connectivity index (χ4n) is 2.77. The van der Waals surface area contributed by atoms with Crippen LogP contribution in [0.4, 0.5) is 0 Å². The van der Waals surface area contributed by atoms with Gasteiger partial charge in [0.05, 0.1) is 11.2 Å². The highest BCUT2D eigenvalue weighted by molar-refractivity contribution is 6.08. The Morgan fingerprint density at radius 2 is 1.89 bits per heavy atom. The molecule has 1 N–H and O–H groups in total. The van der Waals surface area contributed by atoms with E-state index in [1.165, 1.54) is 21.7 Å². The van der Waals surface area contributed by atoms with E-state index >= 15 is 0 Å². The average Bonchev–Trinajstić information content (AvgIpc) is 2.92. The Hall–Kier alpha value is -2.35. The molecule has 0 fully saturated rings. The second kappa shape index (κ2) is 4.09. The molecule has 1 aliphatic rings. The third-order valence-corrected chi connectivity index (χ3v) is 3.73. The summed E-state index contributed by atoms with van der Waals surface area (Å²) in [6.45, 7) is 0. The number of benzene rings is 2. The van der Waals surface area contributed by atoms with Crippen LogP contribution in [0.2, 0.25) is 0 Å². The molecule has 0 atom stereocenters. The summed E-state index contributed by atoms with van der Waals surface area (Å²) in [6.07, 6.45) is 8.90. The Balaban J connectivity index is 2.02. The minimum Gasteiger partial charge on any atom is -0.277 e. The quantitative estimate of drug-likeness (QED) is 0.675. The van der Waals surface area contributed by atoms with Crippen molar-refractivity contribution in [2.75, 3.05) is 0 Å². The average molecular weight is 246 g/mol.